The van der Waals surface area contributed by atoms with E-state index < -0.39 is 12.2 Å². The zero-order valence-electron chi connectivity index (χ0n) is 17.1. The second-order valence-electron chi connectivity index (χ2n) is 7.93. The molecule has 2 saturated heterocycles. The third-order valence-electron chi connectivity index (χ3n) is 5.98. The van der Waals surface area contributed by atoms with E-state index in [1.54, 1.807) is 13.3 Å². The van der Waals surface area contributed by atoms with Gasteiger partial charge in [0.15, 0.2) is 0 Å². The molecule has 30 heavy (non-hydrogen) atoms. The van der Waals surface area contributed by atoms with E-state index in [0.29, 0.717) is 6.04 Å². The Morgan fingerprint density at radius 3 is 2.90 bits per heavy atom. The van der Waals surface area contributed by atoms with Gasteiger partial charge < -0.3 is 15.0 Å². The van der Waals surface area contributed by atoms with Crippen LogP contribution < -0.4 is 10.1 Å². The van der Waals surface area contributed by atoms with Crippen LogP contribution in [0.2, 0.25) is 0 Å². The molecule has 2 aliphatic rings. The Kier molecular flexibility index (Phi) is 6.00. The lowest BCUT2D eigenvalue weighted by Gasteiger charge is -2.33. The van der Waals surface area contributed by atoms with Crippen LogP contribution in [0, 0.1) is 11.3 Å². The van der Waals surface area contributed by atoms with E-state index in [1.807, 2.05) is 30.3 Å². The summed E-state index contributed by atoms with van der Waals surface area (Å²) in [5, 5.41) is 13.8. The molecule has 1 aromatic carbocycles. The Balaban J connectivity index is 1.34. The van der Waals surface area contributed by atoms with Crippen molar-refractivity contribution in [3.05, 3.63) is 30.5 Å². The van der Waals surface area contributed by atoms with Gasteiger partial charge in [-0.3, -0.25) is 14.7 Å². The number of nitrogens with one attached hydrogen (secondary N) is 1. The van der Waals surface area contributed by atoms with Crippen LogP contribution in [-0.4, -0.2) is 72.2 Å². The Morgan fingerprint density at radius 1 is 1.37 bits per heavy atom. The first-order chi connectivity index (χ1) is 14.6. The lowest BCUT2D eigenvalue weighted by molar-refractivity contribution is -0.132. The van der Waals surface area contributed by atoms with Crippen molar-refractivity contribution in [2.45, 2.75) is 37.5 Å². The van der Waals surface area contributed by atoms with E-state index in [0.717, 1.165) is 48.3 Å². The molecule has 0 unspecified atom stereocenters. The number of carbonyl (C=O) groups is 1. The summed E-state index contributed by atoms with van der Waals surface area (Å²) in [5.41, 5.74) is 1.85. The van der Waals surface area contributed by atoms with E-state index in [2.05, 4.69) is 15.2 Å². The Labute approximate surface area is 175 Å². The van der Waals surface area contributed by atoms with Crippen molar-refractivity contribution in [1.82, 2.24) is 14.8 Å². The predicted molar refractivity (Wildman–Crippen MR) is 112 cm³/mol. The monoisotopic (exact) mass is 411 g/mol. The fourth-order valence-corrected chi connectivity index (χ4v) is 4.36. The highest BCUT2D eigenvalue weighted by Gasteiger charge is 2.36. The third kappa shape index (κ3) is 4.17. The third-order valence-corrected chi connectivity index (χ3v) is 5.98. The fourth-order valence-electron chi connectivity index (χ4n) is 4.36. The summed E-state index contributed by atoms with van der Waals surface area (Å²) in [5.74, 6) is 0.595. The number of methoxy groups -OCH3 is 1. The summed E-state index contributed by atoms with van der Waals surface area (Å²) in [4.78, 5) is 20.5. The molecule has 0 radical (unpaired) electrons. The molecule has 0 aliphatic carbocycles. The number of ether oxygens (including phenoxy) is 1. The molecule has 1 aromatic heterocycles. The molecule has 0 bridgehead atoms. The van der Waals surface area contributed by atoms with Crippen LogP contribution in [0.25, 0.3) is 10.9 Å². The van der Waals surface area contributed by atoms with Crippen molar-refractivity contribution in [3.63, 3.8) is 0 Å². The summed E-state index contributed by atoms with van der Waals surface area (Å²) >= 11 is 0. The first kappa shape index (κ1) is 20.4. The van der Waals surface area contributed by atoms with Crippen LogP contribution in [0.4, 0.5) is 10.1 Å². The number of piperidine rings is 1. The molecular formula is C22H26FN5O2. The number of alkyl halides is 1. The summed E-state index contributed by atoms with van der Waals surface area (Å²) in [7, 11) is 1.64. The summed E-state index contributed by atoms with van der Waals surface area (Å²) < 4.78 is 19.0. The molecule has 2 aliphatic heterocycles. The number of anilines is 1. The van der Waals surface area contributed by atoms with E-state index in [-0.39, 0.29) is 25.4 Å². The van der Waals surface area contributed by atoms with Crippen LogP contribution in [0.5, 0.6) is 5.75 Å². The molecule has 3 heterocycles. The van der Waals surface area contributed by atoms with Crippen LogP contribution in [0.3, 0.4) is 0 Å². The Hall–Kier alpha value is -2.92. The van der Waals surface area contributed by atoms with Crippen LogP contribution in [0.15, 0.2) is 30.5 Å². The van der Waals surface area contributed by atoms with Crippen molar-refractivity contribution in [1.29, 1.82) is 5.26 Å². The van der Waals surface area contributed by atoms with Crippen molar-refractivity contribution < 1.29 is 13.9 Å². The highest BCUT2D eigenvalue weighted by Crippen LogP contribution is 2.31. The van der Waals surface area contributed by atoms with Crippen molar-refractivity contribution in [2.75, 3.05) is 38.6 Å². The highest BCUT2D eigenvalue weighted by atomic mass is 19.1. The summed E-state index contributed by atoms with van der Waals surface area (Å²) in [6.45, 7) is 1.83. The fraction of sp³-hybridized carbons (Fsp3) is 0.500. The number of carbonyl (C=O) groups excluding carboxylic acids is 1. The number of benzene rings is 1. The second-order valence-corrected chi connectivity index (χ2v) is 7.93. The number of rotatable bonds is 5. The lowest BCUT2D eigenvalue weighted by Crippen LogP contribution is -2.46. The maximum absolute atomic E-state index is 13.6. The van der Waals surface area contributed by atoms with Gasteiger partial charge in [0.05, 0.1) is 26.3 Å². The van der Waals surface area contributed by atoms with Gasteiger partial charge in [-0.1, -0.05) is 0 Å². The van der Waals surface area contributed by atoms with Crippen LogP contribution in [0.1, 0.15) is 19.3 Å². The van der Waals surface area contributed by atoms with Gasteiger partial charge in [-0.25, -0.2) is 4.39 Å². The summed E-state index contributed by atoms with van der Waals surface area (Å²) in [6, 6.07) is 9.58. The minimum atomic E-state index is -1.10. The molecular weight excluding hydrogens is 385 g/mol. The largest absolute Gasteiger partial charge is 0.494 e. The molecule has 1 amide bonds. The molecule has 0 spiro atoms. The molecule has 2 aromatic rings. The van der Waals surface area contributed by atoms with E-state index in [1.165, 1.54) is 4.90 Å². The topological polar surface area (TPSA) is 81.5 Å². The van der Waals surface area contributed by atoms with Gasteiger partial charge in [0.25, 0.3) is 0 Å². The van der Waals surface area contributed by atoms with Crippen LogP contribution in [-0.2, 0) is 4.79 Å². The minimum Gasteiger partial charge on any atom is -0.494 e. The molecule has 1 N–H and O–H groups in total. The van der Waals surface area contributed by atoms with Crippen LogP contribution >= 0.6 is 0 Å². The maximum atomic E-state index is 13.6. The number of likely N-dealkylation sites (tertiary alicyclic amines) is 2. The Bertz CT molecular complexity index is 954. The number of hydrogen-bond donors (Lipinski definition) is 1. The van der Waals surface area contributed by atoms with Crippen molar-refractivity contribution >= 4 is 22.5 Å². The normalized spacial score (nSPS) is 22.8. The van der Waals surface area contributed by atoms with Gasteiger partial charge in [-0.05, 0) is 37.1 Å². The average molecular weight is 411 g/mol. The highest BCUT2D eigenvalue weighted by molar-refractivity contribution is 5.95. The summed E-state index contributed by atoms with van der Waals surface area (Å²) in [6.07, 6.45) is 2.58. The quantitative estimate of drug-likeness (QED) is 0.815. The number of amides is 1. The standard InChI is InChI=1S/C22H26FN5O2/c1-30-20-5-4-19(18-3-2-8-25-22(18)20)26-16-6-9-27(10-7-16)14-21(29)28-13-15(23)11-17(28)12-24/h2-5,8,15-17,26H,6-7,9-11,13-14H2,1H3/t15-,17-/m0/s1. The number of fused-ring (bicyclic) bond motifs is 1. The smallest absolute Gasteiger partial charge is 0.237 e. The molecule has 2 atom stereocenters. The number of pyridine rings is 1. The molecule has 2 fully saturated rings. The maximum Gasteiger partial charge on any atom is 0.237 e. The first-order valence-electron chi connectivity index (χ1n) is 10.3. The van der Waals surface area contributed by atoms with Gasteiger partial charge in [-0.15, -0.1) is 0 Å². The molecule has 8 heteroatoms. The van der Waals surface area contributed by atoms with Gasteiger partial charge >= 0.3 is 0 Å². The second kappa shape index (κ2) is 8.84. The van der Waals surface area contributed by atoms with Crippen molar-refractivity contribution in [3.8, 4) is 11.8 Å². The lowest BCUT2D eigenvalue weighted by atomic mass is 10.0. The molecule has 7 nitrogen and oxygen atoms in total. The van der Waals surface area contributed by atoms with E-state index in [9.17, 15) is 9.18 Å². The number of aromatic nitrogens is 1. The molecule has 0 saturated carbocycles. The van der Waals surface area contributed by atoms with Gasteiger partial charge in [0.2, 0.25) is 5.91 Å². The number of nitriles is 1. The predicted octanol–water partition coefficient (Wildman–Crippen LogP) is 2.58. The van der Waals surface area contributed by atoms with Gasteiger partial charge in [0.1, 0.15) is 23.5 Å². The SMILES string of the molecule is COc1ccc(NC2CCN(CC(=O)N3C[C@@H](F)C[C@H]3C#N)CC2)c2cccnc12. The van der Waals surface area contributed by atoms with Gasteiger partial charge in [-0.2, -0.15) is 5.26 Å². The van der Waals surface area contributed by atoms with E-state index >= 15 is 0 Å². The zero-order chi connectivity index (χ0) is 21.1. The molecule has 4 rings (SSSR count). The number of hydrogen-bond acceptors (Lipinski definition) is 6. The number of halogens is 1. The minimum absolute atomic E-state index is 0.0354. The Morgan fingerprint density at radius 2 is 2.17 bits per heavy atom. The average Bonchev–Trinajstić information content (AvgIpc) is 3.16. The zero-order valence-corrected chi connectivity index (χ0v) is 17.1. The first-order valence-corrected chi connectivity index (χ1v) is 10.3. The van der Waals surface area contributed by atoms with Crippen molar-refractivity contribution in [2.24, 2.45) is 0 Å². The number of nitrogens with zero attached hydrogens (tertiary/aromatic N) is 4. The van der Waals surface area contributed by atoms with Gasteiger partial charge in [0, 0.05) is 42.8 Å². The molecule has 158 valence electrons. The van der Waals surface area contributed by atoms with E-state index in [4.69, 9.17) is 10.00 Å².